The van der Waals surface area contributed by atoms with E-state index in [1.54, 1.807) is 31.2 Å². The lowest BCUT2D eigenvalue weighted by Gasteiger charge is -2.49. The second-order valence-corrected chi connectivity index (χ2v) is 9.10. The second kappa shape index (κ2) is 7.51. The van der Waals surface area contributed by atoms with E-state index in [2.05, 4.69) is 9.97 Å². The number of alkyl halides is 3. The van der Waals surface area contributed by atoms with Crippen molar-refractivity contribution in [3.63, 3.8) is 0 Å². The summed E-state index contributed by atoms with van der Waals surface area (Å²) in [6.07, 6.45) is 0.150. The summed E-state index contributed by atoms with van der Waals surface area (Å²) in [5.41, 5.74) is 6.41. The Morgan fingerprint density at radius 2 is 1.76 bits per heavy atom. The minimum absolute atomic E-state index is 0.0395. The largest absolute Gasteiger partial charge is 0.437 e. The average Bonchev–Trinajstić information content (AvgIpc) is 3.14. The first-order chi connectivity index (χ1) is 16.0. The molecule has 1 saturated carbocycles. The molecule has 7 nitrogen and oxygen atoms in total. The summed E-state index contributed by atoms with van der Waals surface area (Å²) in [6.45, 7) is 0.280. The minimum atomic E-state index is -4.58. The molecule has 1 aliphatic rings. The maximum Gasteiger partial charge on any atom is 0.406 e. The summed E-state index contributed by atoms with van der Waals surface area (Å²) >= 11 is 0. The third-order valence-corrected chi connectivity index (χ3v) is 6.11. The van der Waals surface area contributed by atoms with Crippen molar-refractivity contribution >= 4 is 11.1 Å². The van der Waals surface area contributed by atoms with Gasteiger partial charge in [0.25, 0.3) is 5.56 Å². The van der Waals surface area contributed by atoms with E-state index in [4.69, 9.17) is 10.2 Å². The van der Waals surface area contributed by atoms with Gasteiger partial charge in [-0.15, -0.1) is 0 Å². The molecule has 1 aliphatic carbocycles. The molecule has 0 aliphatic heterocycles. The number of hydrogen-bond donors (Lipinski definition) is 2. The van der Waals surface area contributed by atoms with Gasteiger partial charge in [0.05, 0.1) is 5.60 Å². The summed E-state index contributed by atoms with van der Waals surface area (Å²) in [6, 6.07) is 10.5. The molecule has 3 aromatic heterocycles. The highest BCUT2D eigenvalue weighted by Crippen LogP contribution is 2.47. The first kappa shape index (κ1) is 22.3. The monoisotopic (exact) mass is 470 g/mol. The van der Waals surface area contributed by atoms with E-state index in [9.17, 15) is 23.1 Å². The Morgan fingerprint density at radius 1 is 1.12 bits per heavy atom. The summed E-state index contributed by atoms with van der Waals surface area (Å²) in [5.74, 6) is 0.300. The molecule has 1 fully saturated rings. The number of furan rings is 1. The van der Waals surface area contributed by atoms with Gasteiger partial charge in [0, 0.05) is 29.1 Å². The molecule has 3 heterocycles. The number of aliphatic hydroxyl groups is 1. The number of nitrogens with two attached hydrogens (primary N) is 1. The molecule has 0 bridgehead atoms. The van der Waals surface area contributed by atoms with Crippen LogP contribution in [0, 0.1) is 0 Å². The van der Waals surface area contributed by atoms with E-state index in [0.29, 0.717) is 39.9 Å². The van der Waals surface area contributed by atoms with Gasteiger partial charge in [-0.2, -0.15) is 13.2 Å². The fourth-order valence-electron chi connectivity index (χ4n) is 4.79. The van der Waals surface area contributed by atoms with Gasteiger partial charge in [0.2, 0.25) is 5.71 Å². The van der Waals surface area contributed by atoms with Gasteiger partial charge in [0.1, 0.15) is 24.0 Å². The Balaban J connectivity index is 1.66. The van der Waals surface area contributed by atoms with E-state index in [1.807, 2.05) is 12.1 Å². The molecule has 4 aromatic rings. The van der Waals surface area contributed by atoms with Gasteiger partial charge in [-0.1, -0.05) is 24.3 Å². The zero-order chi connectivity index (χ0) is 24.3. The van der Waals surface area contributed by atoms with E-state index < -0.39 is 29.4 Å². The molecule has 34 heavy (non-hydrogen) atoms. The zero-order valence-electron chi connectivity index (χ0n) is 18.1. The number of aromatic nitrogens is 3. The number of halogens is 3. The Kier molecular flexibility index (Phi) is 4.92. The lowest BCUT2D eigenvalue weighted by atomic mass is 9.63. The highest BCUT2D eigenvalue weighted by Gasteiger charge is 2.49. The van der Waals surface area contributed by atoms with Gasteiger partial charge in [-0.3, -0.25) is 14.3 Å². The SMILES string of the molecule is CC1(O)CC(N)(c2ccc(-c3oc4ncn(CC(F)(F)F)c(=O)c4c3-c3ccncc3)cc2)C1. The lowest BCUT2D eigenvalue weighted by Crippen LogP contribution is -2.58. The Bertz CT molecular complexity index is 1420. The number of benzene rings is 1. The molecule has 3 N–H and O–H groups in total. The van der Waals surface area contributed by atoms with Crippen LogP contribution in [0.3, 0.4) is 0 Å². The third kappa shape index (κ3) is 3.88. The molecule has 5 rings (SSSR count). The molecule has 0 atom stereocenters. The standard InChI is InChI=1S/C24H21F3N4O3/c1-22(33)10-23(28,11-22)16-4-2-15(3-5-16)19-17(14-6-8-29-9-7-14)18-20(34-19)30-13-31(21(18)32)12-24(25,26)27/h2-9,13,33H,10-12,28H2,1H3. The van der Waals surface area contributed by atoms with Gasteiger partial charge in [-0.25, -0.2) is 4.98 Å². The fraction of sp³-hybridized carbons (Fsp3) is 0.292. The van der Waals surface area contributed by atoms with Crippen molar-refractivity contribution in [2.75, 3.05) is 0 Å². The third-order valence-electron chi connectivity index (χ3n) is 6.11. The van der Waals surface area contributed by atoms with Crippen LogP contribution in [-0.2, 0) is 12.1 Å². The number of nitrogens with zero attached hydrogens (tertiary/aromatic N) is 3. The average molecular weight is 470 g/mol. The maximum atomic E-state index is 13.0. The number of fused-ring (bicyclic) bond motifs is 1. The van der Waals surface area contributed by atoms with Gasteiger partial charge in [0.15, 0.2) is 0 Å². The van der Waals surface area contributed by atoms with Crippen LogP contribution < -0.4 is 11.3 Å². The molecule has 0 radical (unpaired) electrons. The topological polar surface area (TPSA) is 107 Å². The molecular weight excluding hydrogens is 449 g/mol. The van der Waals surface area contributed by atoms with Crippen molar-refractivity contribution in [1.82, 2.24) is 14.5 Å². The van der Waals surface area contributed by atoms with E-state index in [-0.39, 0.29) is 11.1 Å². The van der Waals surface area contributed by atoms with Crippen LogP contribution in [0.5, 0.6) is 0 Å². The number of rotatable bonds is 4. The molecule has 1 aromatic carbocycles. The van der Waals surface area contributed by atoms with Crippen LogP contribution in [-0.4, -0.2) is 31.4 Å². The molecule has 0 amide bonds. The second-order valence-electron chi connectivity index (χ2n) is 9.10. The molecule has 0 saturated heterocycles. The Morgan fingerprint density at radius 3 is 2.35 bits per heavy atom. The van der Waals surface area contributed by atoms with Crippen molar-refractivity contribution in [2.45, 2.75) is 43.6 Å². The lowest BCUT2D eigenvalue weighted by molar-refractivity contribution is -0.141. The van der Waals surface area contributed by atoms with Crippen molar-refractivity contribution in [2.24, 2.45) is 5.73 Å². The smallest absolute Gasteiger partial charge is 0.406 e. The van der Waals surface area contributed by atoms with Crippen LogP contribution in [0.1, 0.15) is 25.3 Å². The van der Waals surface area contributed by atoms with Crippen molar-refractivity contribution in [1.29, 1.82) is 0 Å². The minimum Gasteiger partial charge on any atom is -0.437 e. The van der Waals surface area contributed by atoms with Crippen LogP contribution in [0.15, 0.2) is 64.3 Å². The summed E-state index contributed by atoms with van der Waals surface area (Å²) in [5, 5.41) is 10.1. The molecule has 10 heteroatoms. The quantitative estimate of drug-likeness (QED) is 0.467. The Hall–Kier alpha value is -3.50. The molecule has 0 spiro atoms. The number of pyridine rings is 1. The fourth-order valence-corrected chi connectivity index (χ4v) is 4.79. The van der Waals surface area contributed by atoms with E-state index >= 15 is 0 Å². The van der Waals surface area contributed by atoms with Crippen LogP contribution in [0.4, 0.5) is 13.2 Å². The normalized spacial score (nSPS) is 22.6. The predicted octanol–water partition coefficient (Wildman–Crippen LogP) is 3.98. The predicted molar refractivity (Wildman–Crippen MR) is 119 cm³/mol. The van der Waals surface area contributed by atoms with Crippen molar-refractivity contribution < 1.29 is 22.7 Å². The molecular formula is C24H21F3N4O3. The van der Waals surface area contributed by atoms with E-state index in [0.717, 1.165) is 11.9 Å². The van der Waals surface area contributed by atoms with Crippen LogP contribution in [0.2, 0.25) is 0 Å². The highest BCUT2D eigenvalue weighted by atomic mass is 19.4. The summed E-state index contributed by atoms with van der Waals surface area (Å²) in [4.78, 5) is 21.0. The first-order valence-corrected chi connectivity index (χ1v) is 10.6. The van der Waals surface area contributed by atoms with E-state index in [1.165, 1.54) is 12.4 Å². The summed E-state index contributed by atoms with van der Waals surface area (Å²) < 4.78 is 45.4. The first-order valence-electron chi connectivity index (χ1n) is 10.6. The zero-order valence-corrected chi connectivity index (χ0v) is 18.1. The van der Waals surface area contributed by atoms with Gasteiger partial charge >= 0.3 is 6.18 Å². The highest BCUT2D eigenvalue weighted by molar-refractivity contribution is 5.99. The van der Waals surface area contributed by atoms with Gasteiger partial charge in [-0.05, 0) is 43.0 Å². The van der Waals surface area contributed by atoms with Crippen LogP contribution in [0.25, 0.3) is 33.6 Å². The molecule has 176 valence electrons. The maximum absolute atomic E-state index is 13.0. The van der Waals surface area contributed by atoms with Crippen molar-refractivity contribution in [3.05, 3.63) is 71.0 Å². The van der Waals surface area contributed by atoms with Gasteiger partial charge < -0.3 is 15.3 Å². The number of hydrogen-bond acceptors (Lipinski definition) is 6. The van der Waals surface area contributed by atoms with Crippen molar-refractivity contribution in [3.8, 4) is 22.5 Å². The summed E-state index contributed by atoms with van der Waals surface area (Å²) in [7, 11) is 0. The molecule has 0 unspecified atom stereocenters. The Labute approximate surface area is 191 Å². The van der Waals surface area contributed by atoms with Crippen LogP contribution >= 0.6 is 0 Å².